The largest absolute Gasteiger partial charge is 0.342 e. The number of nitrogens with zero attached hydrogens (tertiary/aromatic N) is 1. The number of rotatable bonds is 1. The van der Waals surface area contributed by atoms with Crippen LogP contribution in [0.4, 0.5) is 0 Å². The van der Waals surface area contributed by atoms with E-state index in [1.165, 1.54) is 11.1 Å². The third kappa shape index (κ3) is 2.58. The zero-order valence-electron chi connectivity index (χ0n) is 10.3. The van der Waals surface area contributed by atoms with Crippen LogP contribution in [0.2, 0.25) is 0 Å². The number of aryl methyl sites for hydroxylation is 3. The third-order valence-electron chi connectivity index (χ3n) is 2.75. The maximum absolute atomic E-state index is 5.23. The van der Waals surface area contributed by atoms with Crippen LogP contribution in [0, 0.1) is 25.4 Å². The van der Waals surface area contributed by atoms with Gasteiger partial charge in [0.25, 0.3) is 0 Å². The lowest BCUT2D eigenvalue weighted by molar-refractivity contribution is 1.08. The van der Waals surface area contributed by atoms with Gasteiger partial charge in [0.1, 0.15) is 10.5 Å². The lowest BCUT2D eigenvalue weighted by atomic mass is 10.1. The van der Waals surface area contributed by atoms with Gasteiger partial charge in [-0.2, -0.15) is 0 Å². The lowest BCUT2D eigenvalue weighted by Gasteiger charge is -2.09. The molecule has 0 aliphatic heterocycles. The SMILES string of the molecule is Cc1cc(-c2nc(=S)c(Br)c(C)[nH]2)cc(C)c1Br. The first-order chi connectivity index (χ1) is 8.40. The molecule has 0 radical (unpaired) electrons. The van der Waals surface area contributed by atoms with E-state index in [1.807, 2.05) is 6.92 Å². The van der Waals surface area contributed by atoms with E-state index in [4.69, 9.17) is 12.2 Å². The van der Waals surface area contributed by atoms with Gasteiger partial charge in [-0.05, 0) is 60.0 Å². The molecule has 1 aromatic heterocycles. The zero-order valence-corrected chi connectivity index (χ0v) is 14.3. The molecule has 0 saturated carbocycles. The van der Waals surface area contributed by atoms with E-state index in [0.717, 1.165) is 26.0 Å². The van der Waals surface area contributed by atoms with Gasteiger partial charge in [-0.1, -0.05) is 28.1 Å². The highest BCUT2D eigenvalue weighted by atomic mass is 79.9. The summed E-state index contributed by atoms with van der Waals surface area (Å²) in [5, 5.41) is 0. The van der Waals surface area contributed by atoms with Gasteiger partial charge in [0, 0.05) is 15.7 Å². The van der Waals surface area contributed by atoms with E-state index >= 15 is 0 Å². The van der Waals surface area contributed by atoms with E-state index in [1.54, 1.807) is 0 Å². The fourth-order valence-electron chi connectivity index (χ4n) is 1.79. The first-order valence-corrected chi connectivity index (χ1v) is 7.43. The Hall–Kier alpha value is -0.520. The number of aromatic amines is 1. The van der Waals surface area contributed by atoms with Crippen LogP contribution in [0.5, 0.6) is 0 Å². The van der Waals surface area contributed by atoms with Gasteiger partial charge in [-0.15, -0.1) is 0 Å². The molecule has 2 nitrogen and oxygen atoms in total. The summed E-state index contributed by atoms with van der Waals surface area (Å²) in [5.41, 5.74) is 4.41. The van der Waals surface area contributed by atoms with Crippen molar-refractivity contribution in [2.45, 2.75) is 20.8 Å². The van der Waals surface area contributed by atoms with Gasteiger partial charge in [0.2, 0.25) is 0 Å². The fourth-order valence-corrected chi connectivity index (χ4v) is 2.45. The molecule has 0 unspecified atom stereocenters. The average molecular weight is 388 g/mol. The zero-order chi connectivity index (χ0) is 13.4. The highest BCUT2D eigenvalue weighted by Gasteiger charge is 2.08. The number of halogens is 2. The molecule has 1 N–H and O–H groups in total. The summed E-state index contributed by atoms with van der Waals surface area (Å²) in [6.07, 6.45) is 0. The van der Waals surface area contributed by atoms with E-state index in [2.05, 4.69) is 67.8 Å². The molecule has 5 heteroatoms. The molecule has 1 aromatic carbocycles. The van der Waals surface area contributed by atoms with Crippen LogP contribution in [0.15, 0.2) is 21.1 Å². The van der Waals surface area contributed by atoms with E-state index in [-0.39, 0.29) is 0 Å². The minimum atomic E-state index is 0.583. The molecule has 0 spiro atoms. The Balaban J connectivity index is 2.66. The van der Waals surface area contributed by atoms with Crippen molar-refractivity contribution in [3.63, 3.8) is 0 Å². The Bertz CT molecular complexity index is 654. The van der Waals surface area contributed by atoms with Crippen molar-refractivity contribution in [2.24, 2.45) is 0 Å². The maximum atomic E-state index is 5.23. The molecular formula is C13H12Br2N2S. The Morgan fingerprint density at radius 3 is 2.11 bits per heavy atom. The molecule has 0 amide bonds. The third-order valence-corrected chi connectivity index (χ3v) is 5.53. The van der Waals surface area contributed by atoms with Crippen molar-refractivity contribution in [1.29, 1.82) is 0 Å². The summed E-state index contributed by atoms with van der Waals surface area (Å²) in [6.45, 7) is 6.12. The number of benzene rings is 1. The highest BCUT2D eigenvalue weighted by Crippen LogP contribution is 2.27. The van der Waals surface area contributed by atoms with Crippen LogP contribution in [0.3, 0.4) is 0 Å². The smallest absolute Gasteiger partial charge is 0.144 e. The maximum Gasteiger partial charge on any atom is 0.144 e. The van der Waals surface area contributed by atoms with Crippen molar-refractivity contribution in [1.82, 2.24) is 9.97 Å². The second-order valence-corrected chi connectivity index (χ2v) is 6.23. The van der Waals surface area contributed by atoms with Crippen LogP contribution < -0.4 is 0 Å². The molecule has 0 bridgehead atoms. The number of hydrogen-bond acceptors (Lipinski definition) is 2. The summed E-state index contributed by atoms with van der Waals surface area (Å²) in [6, 6.07) is 4.19. The van der Waals surface area contributed by atoms with Crippen molar-refractivity contribution >= 4 is 44.1 Å². The molecule has 0 fully saturated rings. The Kier molecular flexibility index (Phi) is 4.04. The van der Waals surface area contributed by atoms with Crippen molar-refractivity contribution in [2.75, 3.05) is 0 Å². The summed E-state index contributed by atoms with van der Waals surface area (Å²) < 4.78 is 2.57. The van der Waals surface area contributed by atoms with Gasteiger partial charge in [-0.3, -0.25) is 0 Å². The molecule has 0 aliphatic rings. The van der Waals surface area contributed by atoms with Gasteiger partial charge >= 0.3 is 0 Å². The number of hydrogen-bond donors (Lipinski definition) is 1. The first-order valence-electron chi connectivity index (χ1n) is 5.43. The van der Waals surface area contributed by atoms with Gasteiger partial charge in [0.15, 0.2) is 0 Å². The second kappa shape index (κ2) is 5.23. The highest BCUT2D eigenvalue weighted by molar-refractivity contribution is 9.10. The quantitative estimate of drug-likeness (QED) is 0.676. The van der Waals surface area contributed by atoms with Crippen LogP contribution in [0.1, 0.15) is 16.8 Å². The normalized spacial score (nSPS) is 10.7. The fraction of sp³-hybridized carbons (Fsp3) is 0.231. The van der Waals surface area contributed by atoms with Crippen molar-refractivity contribution in [3.8, 4) is 11.4 Å². The summed E-state index contributed by atoms with van der Waals surface area (Å²) in [7, 11) is 0. The molecule has 0 aliphatic carbocycles. The van der Waals surface area contributed by atoms with Crippen LogP contribution in [0.25, 0.3) is 11.4 Å². The van der Waals surface area contributed by atoms with Gasteiger partial charge in [-0.25, -0.2) is 4.98 Å². The minimum absolute atomic E-state index is 0.583. The summed E-state index contributed by atoms with van der Waals surface area (Å²) in [4.78, 5) is 7.68. The molecule has 2 aromatic rings. The van der Waals surface area contributed by atoms with Crippen LogP contribution in [-0.2, 0) is 0 Å². The number of nitrogens with one attached hydrogen (secondary N) is 1. The Labute approximate surface area is 128 Å². The minimum Gasteiger partial charge on any atom is -0.342 e. The summed E-state index contributed by atoms with van der Waals surface area (Å²) in [5.74, 6) is 0.805. The second-order valence-electron chi connectivity index (χ2n) is 4.25. The lowest BCUT2D eigenvalue weighted by Crippen LogP contribution is -1.95. The monoisotopic (exact) mass is 386 g/mol. The van der Waals surface area contributed by atoms with Crippen molar-refractivity contribution < 1.29 is 0 Å². The van der Waals surface area contributed by atoms with E-state index in [0.29, 0.717) is 4.64 Å². The van der Waals surface area contributed by atoms with Gasteiger partial charge in [0.05, 0.1) is 4.47 Å². The Morgan fingerprint density at radius 1 is 1.06 bits per heavy atom. The van der Waals surface area contributed by atoms with Crippen LogP contribution in [-0.4, -0.2) is 9.97 Å². The molecule has 18 heavy (non-hydrogen) atoms. The molecule has 0 saturated heterocycles. The summed E-state index contributed by atoms with van der Waals surface area (Å²) >= 11 is 12.2. The van der Waals surface area contributed by atoms with Gasteiger partial charge < -0.3 is 4.98 Å². The Morgan fingerprint density at radius 2 is 1.61 bits per heavy atom. The molecule has 2 rings (SSSR count). The van der Waals surface area contributed by atoms with E-state index in [9.17, 15) is 0 Å². The standard InChI is InChI=1S/C13H12Br2N2S/c1-6-4-9(5-7(2)10(6)14)12-16-8(3)11(15)13(18)17-12/h4-5H,1-3H3,(H,16,17,18). The average Bonchev–Trinajstić information content (AvgIpc) is 2.31. The predicted molar refractivity (Wildman–Crippen MR) is 84.5 cm³/mol. The first kappa shape index (κ1) is 13.9. The number of H-pyrrole nitrogens is 1. The van der Waals surface area contributed by atoms with Crippen LogP contribution >= 0.6 is 44.1 Å². The predicted octanol–water partition coefficient (Wildman–Crippen LogP) is 5.26. The topological polar surface area (TPSA) is 28.7 Å². The molecule has 0 atom stereocenters. The molecule has 1 heterocycles. The molecular weight excluding hydrogens is 376 g/mol. The molecule has 94 valence electrons. The van der Waals surface area contributed by atoms with Crippen molar-refractivity contribution in [3.05, 3.63) is 42.5 Å². The number of aromatic nitrogens is 2. The van der Waals surface area contributed by atoms with E-state index < -0.39 is 0 Å².